The normalized spacial score (nSPS) is 10.9. The maximum Gasteiger partial charge on any atom is 0.236 e. The Kier molecular flexibility index (Phi) is 2.60. The van der Waals surface area contributed by atoms with Crippen molar-refractivity contribution < 1.29 is 4.74 Å². The standard InChI is InChI=1S/C11H11N5OS/c1-17-8-4-2-7(3-5-8)6-9-13-14-11-16(9)15-10(12)18-11/h2-5H,6H2,1H3,(H2,12,15). The Morgan fingerprint density at radius 3 is 2.78 bits per heavy atom. The van der Waals surface area contributed by atoms with E-state index in [0.717, 1.165) is 22.1 Å². The van der Waals surface area contributed by atoms with Crippen molar-refractivity contribution in [2.24, 2.45) is 0 Å². The van der Waals surface area contributed by atoms with Crippen LogP contribution in [0.15, 0.2) is 24.3 Å². The summed E-state index contributed by atoms with van der Waals surface area (Å²) in [5.41, 5.74) is 6.76. The molecule has 92 valence electrons. The lowest BCUT2D eigenvalue weighted by Gasteiger charge is -2.01. The van der Waals surface area contributed by atoms with Crippen molar-refractivity contribution in [1.82, 2.24) is 19.8 Å². The minimum absolute atomic E-state index is 0.496. The van der Waals surface area contributed by atoms with E-state index >= 15 is 0 Å². The highest BCUT2D eigenvalue weighted by molar-refractivity contribution is 7.20. The molecule has 0 aliphatic heterocycles. The van der Waals surface area contributed by atoms with Crippen molar-refractivity contribution >= 4 is 21.4 Å². The average molecular weight is 261 g/mol. The second-order valence-electron chi connectivity index (χ2n) is 3.78. The highest BCUT2D eigenvalue weighted by Gasteiger charge is 2.10. The molecule has 0 amide bonds. The van der Waals surface area contributed by atoms with Gasteiger partial charge in [-0.05, 0) is 17.7 Å². The van der Waals surface area contributed by atoms with Gasteiger partial charge < -0.3 is 10.5 Å². The second kappa shape index (κ2) is 4.26. The molecule has 0 aliphatic carbocycles. The van der Waals surface area contributed by atoms with Crippen LogP contribution in [0.25, 0.3) is 4.96 Å². The fourth-order valence-electron chi connectivity index (χ4n) is 1.71. The summed E-state index contributed by atoms with van der Waals surface area (Å²) in [7, 11) is 1.65. The number of rotatable bonds is 3. The van der Waals surface area contributed by atoms with Gasteiger partial charge >= 0.3 is 0 Å². The zero-order chi connectivity index (χ0) is 12.5. The molecular formula is C11H11N5OS. The fourth-order valence-corrected chi connectivity index (χ4v) is 2.33. The number of nitrogens with zero attached hydrogens (tertiary/aromatic N) is 4. The average Bonchev–Trinajstić information content (AvgIpc) is 2.91. The molecule has 18 heavy (non-hydrogen) atoms. The smallest absolute Gasteiger partial charge is 0.236 e. The van der Waals surface area contributed by atoms with Crippen molar-refractivity contribution in [2.45, 2.75) is 6.42 Å². The Labute approximate surface area is 107 Å². The van der Waals surface area contributed by atoms with Crippen molar-refractivity contribution in [2.75, 3.05) is 12.8 Å². The second-order valence-corrected chi connectivity index (χ2v) is 4.76. The minimum Gasteiger partial charge on any atom is -0.497 e. The molecule has 3 rings (SSSR count). The van der Waals surface area contributed by atoms with Gasteiger partial charge in [0.05, 0.1) is 7.11 Å². The van der Waals surface area contributed by atoms with Gasteiger partial charge in [0, 0.05) is 6.42 Å². The van der Waals surface area contributed by atoms with Crippen LogP contribution in [0.5, 0.6) is 5.75 Å². The molecular weight excluding hydrogens is 250 g/mol. The zero-order valence-electron chi connectivity index (χ0n) is 9.70. The topological polar surface area (TPSA) is 78.3 Å². The van der Waals surface area contributed by atoms with Crippen molar-refractivity contribution in [3.63, 3.8) is 0 Å². The summed E-state index contributed by atoms with van der Waals surface area (Å²) in [6.07, 6.45) is 0.661. The van der Waals surface area contributed by atoms with Crippen molar-refractivity contribution in [1.29, 1.82) is 0 Å². The van der Waals surface area contributed by atoms with Crippen LogP contribution in [0, 0.1) is 0 Å². The SMILES string of the molecule is COc1ccc(Cc2nnc3sc(N)nn23)cc1. The Bertz CT molecular complexity index is 672. The van der Waals surface area contributed by atoms with E-state index in [9.17, 15) is 0 Å². The Balaban J connectivity index is 1.90. The van der Waals surface area contributed by atoms with E-state index < -0.39 is 0 Å². The summed E-state index contributed by atoms with van der Waals surface area (Å²) < 4.78 is 6.80. The first kappa shape index (κ1) is 11.0. The van der Waals surface area contributed by atoms with E-state index in [1.54, 1.807) is 11.6 Å². The number of methoxy groups -OCH3 is 1. The summed E-state index contributed by atoms with van der Waals surface area (Å²) in [6.45, 7) is 0. The van der Waals surface area contributed by atoms with E-state index in [1.165, 1.54) is 11.3 Å². The predicted octanol–water partition coefficient (Wildman–Crippen LogP) is 1.37. The molecule has 2 N–H and O–H groups in total. The van der Waals surface area contributed by atoms with Gasteiger partial charge in [0.1, 0.15) is 5.75 Å². The van der Waals surface area contributed by atoms with Crippen LogP contribution in [-0.2, 0) is 6.42 Å². The lowest BCUT2D eigenvalue weighted by Crippen LogP contribution is -1.98. The lowest BCUT2D eigenvalue weighted by molar-refractivity contribution is 0.414. The highest BCUT2D eigenvalue weighted by Crippen LogP contribution is 2.18. The number of nitrogens with two attached hydrogens (primary N) is 1. The monoisotopic (exact) mass is 261 g/mol. The number of anilines is 1. The quantitative estimate of drug-likeness (QED) is 0.770. The Morgan fingerprint density at radius 1 is 1.28 bits per heavy atom. The molecule has 0 unspecified atom stereocenters. The Hall–Kier alpha value is -2.15. The summed E-state index contributed by atoms with van der Waals surface area (Å²) in [4.78, 5) is 0.719. The summed E-state index contributed by atoms with van der Waals surface area (Å²) in [5.74, 6) is 1.62. The Morgan fingerprint density at radius 2 is 2.06 bits per heavy atom. The third-order valence-corrected chi connectivity index (χ3v) is 3.32. The van der Waals surface area contributed by atoms with Gasteiger partial charge in [0.15, 0.2) is 5.82 Å². The van der Waals surface area contributed by atoms with Crippen LogP contribution in [-0.4, -0.2) is 26.9 Å². The number of hydrogen-bond acceptors (Lipinski definition) is 6. The third kappa shape index (κ3) is 1.88. The van der Waals surface area contributed by atoms with Crippen LogP contribution in [0.2, 0.25) is 0 Å². The maximum atomic E-state index is 5.64. The van der Waals surface area contributed by atoms with Gasteiger partial charge in [-0.3, -0.25) is 0 Å². The van der Waals surface area contributed by atoms with Crippen LogP contribution in [0.3, 0.4) is 0 Å². The van der Waals surface area contributed by atoms with Crippen molar-refractivity contribution in [3.05, 3.63) is 35.7 Å². The number of hydrogen-bond donors (Lipinski definition) is 1. The summed E-state index contributed by atoms with van der Waals surface area (Å²) in [5, 5.41) is 12.8. The first-order valence-electron chi connectivity index (χ1n) is 5.36. The molecule has 0 saturated carbocycles. The number of nitrogen functional groups attached to an aromatic ring is 1. The van der Waals surface area contributed by atoms with Gasteiger partial charge in [0.2, 0.25) is 10.1 Å². The van der Waals surface area contributed by atoms with E-state index in [1.807, 2.05) is 24.3 Å². The van der Waals surface area contributed by atoms with Gasteiger partial charge in [-0.25, -0.2) is 0 Å². The fraction of sp³-hybridized carbons (Fsp3) is 0.182. The third-order valence-electron chi connectivity index (χ3n) is 2.59. The number of fused-ring (bicyclic) bond motifs is 1. The van der Waals surface area contributed by atoms with Gasteiger partial charge in [-0.15, -0.1) is 15.3 Å². The highest BCUT2D eigenvalue weighted by atomic mass is 32.1. The lowest BCUT2D eigenvalue weighted by atomic mass is 10.1. The largest absolute Gasteiger partial charge is 0.497 e. The number of ether oxygens (including phenoxy) is 1. The van der Waals surface area contributed by atoms with E-state index in [-0.39, 0.29) is 0 Å². The molecule has 6 nitrogen and oxygen atoms in total. The van der Waals surface area contributed by atoms with E-state index in [0.29, 0.717) is 11.6 Å². The molecule has 0 saturated heterocycles. The zero-order valence-corrected chi connectivity index (χ0v) is 10.5. The predicted molar refractivity (Wildman–Crippen MR) is 68.9 cm³/mol. The van der Waals surface area contributed by atoms with Crippen LogP contribution in [0.4, 0.5) is 5.13 Å². The first-order valence-corrected chi connectivity index (χ1v) is 6.17. The molecule has 0 radical (unpaired) electrons. The molecule has 0 bridgehead atoms. The summed E-state index contributed by atoms with van der Waals surface area (Å²) in [6, 6.07) is 7.83. The first-order chi connectivity index (χ1) is 8.76. The number of benzene rings is 1. The molecule has 2 aromatic heterocycles. The van der Waals surface area contributed by atoms with E-state index in [4.69, 9.17) is 10.5 Å². The number of aromatic nitrogens is 4. The molecule has 2 heterocycles. The maximum absolute atomic E-state index is 5.64. The van der Waals surface area contributed by atoms with Crippen LogP contribution >= 0.6 is 11.3 Å². The van der Waals surface area contributed by atoms with Crippen LogP contribution < -0.4 is 10.5 Å². The molecule has 0 aliphatic rings. The summed E-state index contributed by atoms with van der Waals surface area (Å²) >= 11 is 1.33. The van der Waals surface area contributed by atoms with E-state index in [2.05, 4.69) is 15.3 Å². The van der Waals surface area contributed by atoms with Gasteiger partial charge in [0.25, 0.3) is 0 Å². The minimum atomic E-state index is 0.496. The molecule has 0 fully saturated rings. The molecule has 7 heteroatoms. The van der Waals surface area contributed by atoms with Gasteiger partial charge in [-0.2, -0.15) is 4.52 Å². The van der Waals surface area contributed by atoms with Crippen molar-refractivity contribution in [3.8, 4) is 5.75 Å². The molecule has 1 aromatic carbocycles. The van der Waals surface area contributed by atoms with Crippen LogP contribution in [0.1, 0.15) is 11.4 Å². The van der Waals surface area contributed by atoms with Gasteiger partial charge in [-0.1, -0.05) is 23.5 Å². The molecule has 0 atom stereocenters. The molecule has 0 spiro atoms. The molecule has 3 aromatic rings.